The molecule has 0 aromatic heterocycles. The third-order valence-electron chi connectivity index (χ3n) is 10.5. The molecule has 240 valence electrons. The molecule has 43 heavy (non-hydrogen) atoms. The van der Waals surface area contributed by atoms with Gasteiger partial charge in [0.1, 0.15) is 24.4 Å². The third-order valence-corrected chi connectivity index (χ3v) is 10.5. The Balaban J connectivity index is 1.34. The molecule has 0 spiro atoms. The molecular formula is C34H50O9. The van der Waals surface area contributed by atoms with Gasteiger partial charge in [-0.1, -0.05) is 38.2 Å². The highest BCUT2D eigenvalue weighted by molar-refractivity contribution is 5.99. The Hall–Kier alpha value is -1.88. The molecule has 2 aliphatic heterocycles. The Morgan fingerprint density at radius 3 is 2.51 bits per heavy atom. The predicted molar refractivity (Wildman–Crippen MR) is 159 cm³/mol. The highest BCUT2D eigenvalue weighted by Crippen LogP contribution is 2.54. The lowest BCUT2D eigenvalue weighted by Gasteiger charge is -2.42. The maximum atomic E-state index is 13.8. The molecule has 2 saturated heterocycles. The van der Waals surface area contributed by atoms with Gasteiger partial charge in [0.15, 0.2) is 12.1 Å². The van der Waals surface area contributed by atoms with Gasteiger partial charge in [-0.2, -0.15) is 0 Å². The molecule has 2 heterocycles. The van der Waals surface area contributed by atoms with Crippen LogP contribution in [0, 0.1) is 35.5 Å². The number of methoxy groups -OCH3 is 2. The molecule has 0 radical (unpaired) electrons. The maximum absolute atomic E-state index is 13.8. The van der Waals surface area contributed by atoms with E-state index < -0.39 is 36.6 Å². The van der Waals surface area contributed by atoms with Crippen molar-refractivity contribution in [2.45, 2.75) is 115 Å². The van der Waals surface area contributed by atoms with E-state index in [4.69, 9.17) is 23.7 Å². The molecule has 14 unspecified atom stereocenters. The van der Waals surface area contributed by atoms with Crippen LogP contribution in [0.15, 0.2) is 36.0 Å². The summed E-state index contributed by atoms with van der Waals surface area (Å²) in [5, 5.41) is 21.8. The predicted octanol–water partition coefficient (Wildman–Crippen LogP) is 3.91. The van der Waals surface area contributed by atoms with Gasteiger partial charge in [-0.3, -0.25) is 9.59 Å². The number of carbonyl (C=O) groups excluding carboxylic acids is 2. The van der Waals surface area contributed by atoms with Crippen molar-refractivity contribution in [3.8, 4) is 0 Å². The topological polar surface area (TPSA) is 121 Å². The normalized spacial score (nSPS) is 45.5. The monoisotopic (exact) mass is 602 g/mol. The van der Waals surface area contributed by atoms with Crippen LogP contribution in [0.5, 0.6) is 0 Å². The van der Waals surface area contributed by atoms with E-state index in [2.05, 4.69) is 18.2 Å². The van der Waals surface area contributed by atoms with Crippen molar-refractivity contribution in [2.75, 3.05) is 14.2 Å². The Bertz CT molecular complexity index is 1080. The molecule has 9 nitrogen and oxygen atoms in total. The van der Waals surface area contributed by atoms with E-state index in [9.17, 15) is 19.8 Å². The number of hydrogen-bond donors (Lipinski definition) is 2. The Morgan fingerprint density at radius 2 is 1.79 bits per heavy atom. The number of allylic oxidation sites excluding steroid dienone is 5. The highest BCUT2D eigenvalue weighted by Gasteiger charge is 2.52. The highest BCUT2D eigenvalue weighted by atomic mass is 16.7. The second kappa shape index (κ2) is 14.0. The van der Waals surface area contributed by atoms with Gasteiger partial charge in [-0.15, -0.1) is 0 Å². The number of Topliss-reactive ketones (excluding diaryl/α,β-unsaturated/α-hetero) is 1. The molecule has 0 aromatic rings. The summed E-state index contributed by atoms with van der Waals surface area (Å²) in [6, 6.07) is 0. The van der Waals surface area contributed by atoms with E-state index in [1.165, 1.54) is 7.11 Å². The van der Waals surface area contributed by atoms with Gasteiger partial charge >= 0.3 is 5.97 Å². The van der Waals surface area contributed by atoms with Crippen LogP contribution < -0.4 is 0 Å². The number of aliphatic hydroxyl groups is 2. The minimum absolute atomic E-state index is 0.00498. The first-order valence-electron chi connectivity index (χ1n) is 16.2. The average Bonchev–Trinajstić information content (AvgIpc) is 3.55. The Kier molecular flexibility index (Phi) is 10.6. The van der Waals surface area contributed by atoms with Gasteiger partial charge in [-0.25, -0.2) is 0 Å². The van der Waals surface area contributed by atoms with Crippen LogP contribution in [0.3, 0.4) is 0 Å². The van der Waals surface area contributed by atoms with Crippen molar-refractivity contribution >= 4 is 11.8 Å². The smallest absolute Gasteiger partial charge is 0.307 e. The van der Waals surface area contributed by atoms with E-state index in [1.54, 1.807) is 7.11 Å². The number of ketones is 1. The first kappa shape index (κ1) is 32.5. The van der Waals surface area contributed by atoms with E-state index in [0.29, 0.717) is 24.8 Å². The van der Waals surface area contributed by atoms with Gasteiger partial charge < -0.3 is 33.9 Å². The van der Waals surface area contributed by atoms with Crippen molar-refractivity contribution in [1.29, 1.82) is 0 Å². The quantitative estimate of drug-likeness (QED) is 0.344. The van der Waals surface area contributed by atoms with Crippen LogP contribution in [0.25, 0.3) is 0 Å². The second-order valence-corrected chi connectivity index (χ2v) is 13.1. The second-order valence-electron chi connectivity index (χ2n) is 13.1. The third kappa shape index (κ3) is 6.72. The molecule has 2 N–H and O–H groups in total. The Morgan fingerprint density at radius 1 is 1.02 bits per heavy atom. The van der Waals surface area contributed by atoms with Gasteiger partial charge in [0, 0.05) is 26.1 Å². The Labute approximate surface area is 255 Å². The lowest BCUT2D eigenvalue weighted by molar-refractivity contribution is -0.311. The number of aliphatic hydroxyl groups excluding tert-OH is 2. The van der Waals surface area contributed by atoms with Crippen molar-refractivity contribution in [2.24, 2.45) is 35.5 Å². The average molecular weight is 603 g/mol. The summed E-state index contributed by atoms with van der Waals surface area (Å²) in [5.74, 6) is -0.582. The first-order chi connectivity index (χ1) is 20.7. The molecular weight excluding hydrogens is 552 g/mol. The summed E-state index contributed by atoms with van der Waals surface area (Å²) in [6.45, 7) is 5.71. The molecule has 3 fully saturated rings. The lowest BCUT2D eigenvalue weighted by Crippen LogP contribution is -2.59. The van der Waals surface area contributed by atoms with Gasteiger partial charge in [0.25, 0.3) is 0 Å². The molecule has 14 atom stereocenters. The van der Waals surface area contributed by atoms with Crippen molar-refractivity contribution in [3.63, 3.8) is 0 Å². The number of rotatable bonds is 6. The zero-order valence-corrected chi connectivity index (χ0v) is 26.2. The fraction of sp³-hybridized carbons (Fsp3) is 0.765. The number of cyclic esters (lactones) is 1. The summed E-state index contributed by atoms with van der Waals surface area (Å²) in [4.78, 5) is 27.1. The minimum Gasteiger partial charge on any atom is -0.458 e. The zero-order chi connectivity index (χ0) is 30.8. The summed E-state index contributed by atoms with van der Waals surface area (Å²) < 4.78 is 29.5. The summed E-state index contributed by atoms with van der Waals surface area (Å²) >= 11 is 0. The number of esters is 1. The first-order valence-corrected chi connectivity index (χ1v) is 16.2. The fourth-order valence-electron chi connectivity index (χ4n) is 8.17. The van der Waals surface area contributed by atoms with E-state index in [0.717, 1.165) is 19.3 Å². The van der Waals surface area contributed by atoms with E-state index >= 15 is 0 Å². The molecule has 5 aliphatic rings. The summed E-state index contributed by atoms with van der Waals surface area (Å²) in [5.41, 5.74) is 0.659. The van der Waals surface area contributed by atoms with Gasteiger partial charge in [0.2, 0.25) is 0 Å². The largest absolute Gasteiger partial charge is 0.458 e. The van der Waals surface area contributed by atoms with E-state index in [1.807, 2.05) is 32.9 Å². The zero-order valence-electron chi connectivity index (χ0n) is 26.2. The van der Waals surface area contributed by atoms with Crippen LogP contribution in [-0.4, -0.2) is 85.2 Å². The molecule has 0 amide bonds. The molecule has 3 aliphatic carbocycles. The van der Waals surface area contributed by atoms with Crippen molar-refractivity contribution in [3.05, 3.63) is 36.0 Å². The van der Waals surface area contributed by atoms with Crippen molar-refractivity contribution in [1.82, 2.24) is 0 Å². The van der Waals surface area contributed by atoms with Crippen LogP contribution in [0.2, 0.25) is 0 Å². The number of hydrogen-bond acceptors (Lipinski definition) is 9. The fourth-order valence-corrected chi connectivity index (χ4v) is 8.17. The molecule has 1 saturated carbocycles. The molecule has 0 bridgehead atoms. The maximum Gasteiger partial charge on any atom is 0.307 e. The van der Waals surface area contributed by atoms with Crippen LogP contribution in [0.4, 0.5) is 0 Å². The molecule has 0 aromatic carbocycles. The summed E-state index contributed by atoms with van der Waals surface area (Å²) in [6.07, 6.45) is 10.5. The van der Waals surface area contributed by atoms with E-state index in [-0.39, 0.29) is 66.1 Å². The number of carbonyl (C=O) groups is 2. The van der Waals surface area contributed by atoms with Crippen LogP contribution in [-0.2, 0) is 33.3 Å². The standard InChI is InChI=1S/C34H50O9/c1-6-7-9-21-10-8-11-28(35)18(2)30(37)27-16-25-23(26(27)17-29(36)42-21)13-12-20-14-22(15-24(20)25)43-34-33(40-5)31(38)32(39-4)19(3)41-34/h7,9,12-13,16,18-26,28,31-35,38H,6,8,10-11,14-15,17H2,1-5H3. The van der Waals surface area contributed by atoms with Crippen molar-refractivity contribution < 1.29 is 43.5 Å². The lowest BCUT2D eigenvalue weighted by atomic mass is 9.70. The molecule has 5 rings (SSSR count). The molecule has 9 heteroatoms. The van der Waals surface area contributed by atoms with Gasteiger partial charge in [-0.05, 0) is 80.8 Å². The SMILES string of the molecule is CCC=CC1CCCC(O)C(C)C(=O)C2=CC3C(C=CC4CC(OC5OC(C)C(OC)C(O)C5OC)CC43)C2CC(=O)O1. The number of fused-ring (bicyclic) bond motifs is 5. The summed E-state index contributed by atoms with van der Waals surface area (Å²) in [7, 11) is 3.08. The minimum atomic E-state index is -0.881. The van der Waals surface area contributed by atoms with Gasteiger partial charge in [0.05, 0.1) is 24.7 Å². The van der Waals surface area contributed by atoms with Crippen LogP contribution >= 0.6 is 0 Å². The van der Waals surface area contributed by atoms with Crippen LogP contribution in [0.1, 0.15) is 65.7 Å². The number of ether oxygens (including phenoxy) is 5.